The van der Waals surface area contributed by atoms with E-state index in [9.17, 15) is 4.79 Å². The molecule has 0 aromatic carbocycles. The van der Waals surface area contributed by atoms with Gasteiger partial charge in [-0.2, -0.15) is 0 Å². The van der Waals surface area contributed by atoms with Gasteiger partial charge < -0.3 is 10.6 Å². The molecule has 0 radical (unpaired) electrons. The molecule has 3 heterocycles. The van der Waals surface area contributed by atoms with E-state index in [0.29, 0.717) is 5.13 Å². The third-order valence-electron chi connectivity index (χ3n) is 3.34. The number of thiazole rings is 1. The fraction of sp³-hybridized carbons (Fsp3) is 0.385. The lowest BCUT2D eigenvalue weighted by Gasteiger charge is -2.34. The van der Waals surface area contributed by atoms with E-state index in [2.05, 4.69) is 9.88 Å². The van der Waals surface area contributed by atoms with Crippen molar-refractivity contribution in [2.45, 2.75) is 6.54 Å². The van der Waals surface area contributed by atoms with Crippen LogP contribution in [0.2, 0.25) is 0 Å². The van der Waals surface area contributed by atoms with Crippen LogP contribution in [0.25, 0.3) is 0 Å². The molecule has 1 aliphatic heterocycles. The Morgan fingerprint density at radius 1 is 1.33 bits per heavy atom. The molecular formula is C13H17ClN4OS2. The lowest BCUT2D eigenvalue weighted by atomic mass is 10.3. The first-order chi connectivity index (χ1) is 9.72. The van der Waals surface area contributed by atoms with Crippen LogP contribution in [0, 0.1) is 0 Å². The zero-order valence-corrected chi connectivity index (χ0v) is 13.8. The van der Waals surface area contributed by atoms with Crippen LogP contribution in [0.15, 0.2) is 23.7 Å². The summed E-state index contributed by atoms with van der Waals surface area (Å²) in [5.74, 6) is 0.154. The molecule has 2 aromatic heterocycles. The van der Waals surface area contributed by atoms with Gasteiger partial charge in [-0.3, -0.25) is 9.69 Å². The molecule has 2 aromatic rings. The summed E-state index contributed by atoms with van der Waals surface area (Å²) in [5.41, 5.74) is 5.64. The number of nitrogens with two attached hydrogens (primary N) is 1. The number of carbonyl (C=O) groups excluding carboxylic acids is 1. The molecule has 2 N–H and O–H groups in total. The molecule has 0 atom stereocenters. The number of rotatable bonds is 3. The summed E-state index contributed by atoms with van der Waals surface area (Å²) in [6.07, 6.45) is 1.84. The van der Waals surface area contributed by atoms with Gasteiger partial charge >= 0.3 is 0 Å². The predicted octanol–water partition coefficient (Wildman–Crippen LogP) is 2.17. The van der Waals surface area contributed by atoms with E-state index >= 15 is 0 Å². The van der Waals surface area contributed by atoms with Crippen molar-refractivity contribution >= 4 is 46.1 Å². The number of amides is 1. The maximum absolute atomic E-state index is 12.2. The lowest BCUT2D eigenvalue weighted by molar-refractivity contribution is 0.0634. The van der Waals surface area contributed by atoms with E-state index < -0.39 is 0 Å². The zero-order valence-electron chi connectivity index (χ0n) is 11.4. The highest BCUT2D eigenvalue weighted by Gasteiger charge is 2.22. The van der Waals surface area contributed by atoms with Gasteiger partial charge in [0.25, 0.3) is 5.91 Å². The quantitative estimate of drug-likeness (QED) is 0.926. The van der Waals surface area contributed by atoms with Crippen molar-refractivity contribution in [1.82, 2.24) is 14.8 Å². The van der Waals surface area contributed by atoms with E-state index in [1.165, 1.54) is 27.6 Å². The number of piperazine rings is 1. The van der Waals surface area contributed by atoms with Gasteiger partial charge in [0.1, 0.15) is 0 Å². The molecule has 21 heavy (non-hydrogen) atoms. The summed E-state index contributed by atoms with van der Waals surface area (Å²) in [6.45, 7) is 4.23. The Hall–Kier alpha value is -1.15. The minimum atomic E-state index is 0. The van der Waals surface area contributed by atoms with Crippen LogP contribution >= 0.6 is 35.1 Å². The molecule has 0 aliphatic carbocycles. The minimum absolute atomic E-state index is 0. The molecule has 1 fully saturated rings. The van der Waals surface area contributed by atoms with E-state index in [-0.39, 0.29) is 18.3 Å². The third-order valence-corrected chi connectivity index (χ3v) is 5.01. The summed E-state index contributed by atoms with van der Waals surface area (Å²) < 4.78 is 0. The van der Waals surface area contributed by atoms with Gasteiger partial charge in [0.2, 0.25) is 0 Å². The summed E-state index contributed by atoms with van der Waals surface area (Å²) in [5, 5.41) is 2.56. The Kier molecular flexibility index (Phi) is 5.58. The van der Waals surface area contributed by atoms with Gasteiger partial charge in [0, 0.05) is 43.8 Å². The maximum atomic E-state index is 12.2. The second kappa shape index (κ2) is 7.22. The third kappa shape index (κ3) is 3.94. The van der Waals surface area contributed by atoms with Crippen molar-refractivity contribution in [2.24, 2.45) is 0 Å². The molecule has 0 unspecified atom stereocenters. The number of nitrogen functional groups attached to an aromatic ring is 1. The Morgan fingerprint density at radius 2 is 2.10 bits per heavy atom. The molecular weight excluding hydrogens is 328 g/mol. The van der Waals surface area contributed by atoms with Gasteiger partial charge in [0.15, 0.2) is 5.13 Å². The molecule has 5 nitrogen and oxygen atoms in total. The van der Waals surface area contributed by atoms with Crippen molar-refractivity contribution in [3.05, 3.63) is 33.5 Å². The first kappa shape index (κ1) is 16.2. The standard InChI is InChI=1S/C13H16N4OS2.ClH/c14-13-15-8-10(20-13)9-16-3-5-17(6-4-16)12(18)11-2-1-7-19-11;/h1-2,7-8H,3-6,9H2,(H2,14,15);1H. The summed E-state index contributed by atoms with van der Waals surface area (Å²) in [4.78, 5) is 22.6. The molecule has 3 rings (SSSR count). The number of anilines is 1. The maximum Gasteiger partial charge on any atom is 0.264 e. The number of halogens is 1. The first-order valence-electron chi connectivity index (χ1n) is 6.47. The number of thiophene rings is 1. The number of aromatic nitrogens is 1. The number of nitrogens with zero attached hydrogens (tertiary/aromatic N) is 3. The van der Waals surface area contributed by atoms with E-state index in [4.69, 9.17) is 5.73 Å². The van der Waals surface area contributed by atoms with Crippen LogP contribution in [0.1, 0.15) is 14.5 Å². The predicted molar refractivity (Wildman–Crippen MR) is 89.3 cm³/mol. The lowest BCUT2D eigenvalue weighted by Crippen LogP contribution is -2.48. The zero-order chi connectivity index (χ0) is 13.9. The van der Waals surface area contributed by atoms with Crippen LogP contribution in [0.5, 0.6) is 0 Å². The summed E-state index contributed by atoms with van der Waals surface area (Å²) in [6, 6.07) is 3.81. The van der Waals surface area contributed by atoms with Crippen molar-refractivity contribution in [2.75, 3.05) is 31.9 Å². The Morgan fingerprint density at radius 3 is 2.67 bits per heavy atom. The van der Waals surface area contributed by atoms with Crippen LogP contribution in [0.4, 0.5) is 5.13 Å². The van der Waals surface area contributed by atoms with Gasteiger partial charge in [-0.25, -0.2) is 4.98 Å². The molecule has 0 spiro atoms. The monoisotopic (exact) mass is 344 g/mol. The highest BCUT2D eigenvalue weighted by molar-refractivity contribution is 7.15. The first-order valence-corrected chi connectivity index (χ1v) is 8.17. The fourth-order valence-electron chi connectivity index (χ4n) is 2.28. The second-order valence-electron chi connectivity index (χ2n) is 4.71. The van der Waals surface area contributed by atoms with Gasteiger partial charge in [-0.15, -0.1) is 35.1 Å². The molecule has 1 amide bonds. The number of hydrogen-bond acceptors (Lipinski definition) is 6. The molecule has 0 saturated carbocycles. The van der Waals surface area contributed by atoms with Gasteiger partial charge in [0.05, 0.1) is 4.88 Å². The molecule has 8 heteroatoms. The number of hydrogen-bond donors (Lipinski definition) is 1. The van der Waals surface area contributed by atoms with E-state index in [1.807, 2.05) is 28.6 Å². The van der Waals surface area contributed by atoms with Gasteiger partial charge in [-0.1, -0.05) is 6.07 Å². The second-order valence-corrected chi connectivity index (χ2v) is 6.80. The van der Waals surface area contributed by atoms with Crippen LogP contribution < -0.4 is 5.73 Å². The van der Waals surface area contributed by atoms with Crippen molar-refractivity contribution < 1.29 is 4.79 Å². The van der Waals surface area contributed by atoms with Crippen LogP contribution in [-0.2, 0) is 6.54 Å². The highest BCUT2D eigenvalue weighted by Crippen LogP contribution is 2.18. The smallest absolute Gasteiger partial charge is 0.264 e. The molecule has 1 aliphatic rings. The highest BCUT2D eigenvalue weighted by atomic mass is 35.5. The Balaban J connectivity index is 0.00000161. The average Bonchev–Trinajstić information content (AvgIpc) is 3.11. The SMILES string of the molecule is Cl.Nc1ncc(CN2CCN(C(=O)c3cccs3)CC2)s1. The van der Waals surface area contributed by atoms with Crippen molar-refractivity contribution in [3.63, 3.8) is 0 Å². The van der Waals surface area contributed by atoms with Crippen LogP contribution in [-0.4, -0.2) is 46.9 Å². The van der Waals surface area contributed by atoms with Crippen molar-refractivity contribution in [1.29, 1.82) is 0 Å². The van der Waals surface area contributed by atoms with E-state index in [0.717, 1.165) is 37.6 Å². The summed E-state index contributed by atoms with van der Waals surface area (Å²) >= 11 is 3.04. The summed E-state index contributed by atoms with van der Waals surface area (Å²) in [7, 11) is 0. The topological polar surface area (TPSA) is 62.5 Å². The van der Waals surface area contributed by atoms with Crippen molar-refractivity contribution in [3.8, 4) is 0 Å². The molecule has 1 saturated heterocycles. The average molecular weight is 345 g/mol. The number of carbonyl (C=O) groups is 1. The molecule has 0 bridgehead atoms. The largest absolute Gasteiger partial charge is 0.375 e. The Labute approximate surface area is 137 Å². The van der Waals surface area contributed by atoms with Crippen LogP contribution in [0.3, 0.4) is 0 Å². The minimum Gasteiger partial charge on any atom is -0.375 e. The fourth-order valence-corrected chi connectivity index (χ4v) is 3.70. The Bertz CT molecular complexity index is 579. The van der Waals surface area contributed by atoms with E-state index in [1.54, 1.807) is 0 Å². The molecule has 114 valence electrons. The van der Waals surface area contributed by atoms with Gasteiger partial charge in [-0.05, 0) is 11.4 Å². The normalized spacial score (nSPS) is 15.7.